The normalized spacial score (nSPS) is 13.5. The highest BCUT2D eigenvalue weighted by Gasteiger charge is 2.31. The number of hydrogen-bond acceptors (Lipinski definition) is 6. The van der Waals surface area contributed by atoms with Crippen molar-refractivity contribution in [2.75, 3.05) is 11.9 Å². The fourth-order valence-corrected chi connectivity index (χ4v) is 3.75. The van der Waals surface area contributed by atoms with Gasteiger partial charge in [0.25, 0.3) is 5.91 Å². The average Bonchev–Trinajstić information content (AvgIpc) is 3.15. The topological polar surface area (TPSA) is 85.6 Å². The number of anilines is 1. The average molecular weight is 333 g/mol. The summed E-state index contributed by atoms with van der Waals surface area (Å²) in [5, 5.41) is 3.00. The van der Waals surface area contributed by atoms with Gasteiger partial charge in [0.1, 0.15) is 5.00 Å². The second-order valence-corrected chi connectivity index (χ2v) is 6.06. The summed E-state index contributed by atoms with van der Waals surface area (Å²) < 4.78 is 10.1. The zero-order valence-corrected chi connectivity index (χ0v) is 13.3. The number of furan rings is 1. The van der Waals surface area contributed by atoms with E-state index in [0.717, 1.165) is 11.3 Å². The molecule has 0 radical (unpaired) electrons. The molecule has 3 rings (SSSR count). The van der Waals surface area contributed by atoms with Crippen molar-refractivity contribution < 1.29 is 23.5 Å². The molecule has 0 atom stereocenters. The zero-order valence-electron chi connectivity index (χ0n) is 12.5. The summed E-state index contributed by atoms with van der Waals surface area (Å²) in [4.78, 5) is 37.0. The molecule has 0 saturated carbocycles. The molecule has 0 aromatic carbocycles. The molecule has 0 bridgehead atoms. The summed E-state index contributed by atoms with van der Waals surface area (Å²) in [6, 6.07) is 3.13. The minimum absolute atomic E-state index is 0.000274. The molecule has 0 aliphatic heterocycles. The van der Waals surface area contributed by atoms with Crippen LogP contribution in [-0.2, 0) is 11.2 Å². The SMILES string of the molecule is CCOC(=O)c1c(NC(=O)c2ccco2)sc2c1CCCC2=O. The quantitative estimate of drug-likeness (QED) is 0.868. The number of nitrogens with one attached hydrogen (secondary N) is 1. The summed E-state index contributed by atoms with van der Waals surface area (Å²) in [6.45, 7) is 1.94. The molecule has 2 heterocycles. The van der Waals surface area contributed by atoms with Gasteiger partial charge in [0.15, 0.2) is 11.5 Å². The lowest BCUT2D eigenvalue weighted by atomic mass is 9.94. The molecule has 0 saturated heterocycles. The fourth-order valence-electron chi connectivity index (χ4n) is 2.55. The minimum atomic E-state index is -0.519. The van der Waals surface area contributed by atoms with Crippen LogP contribution in [0.3, 0.4) is 0 Å². The maximum atomic E-state index is 12.3. The standard InChI is InChI=1S/C16H15NO5S/c1-2-21-16(20)12-9-5-3-6-10(18)13(9)23-15(12)17-14(19)11-7-4-8-22-11/h4,7-8H,2-3,5-6H2,1H3,(H,17,19). The van der Waals surface area contributed by atoms with Crippen LogP contribution in [0.15, 0.2) is 22.8 Å². The Morgan fingerprint density at radius 2 is 2.22 bits per heavy atom. The van der Waals surface area contributed by atoms with E-state index in [2.05, 4.69) is 5.32 Å². The molecular weight excluding hydrogens is 318 g/mol. The van der Waals surface area contributed by atoms with E-state index in [-0.39, 0.29) is 18.2 Å². The van der Waals surface area contributed by atoms with E-state index in [1.54, 1.807) is 13.0 Å². The van der Waals surface area contributed by atoms with Crippen LogP contribution in [0.2, 0.25) is 0 Å². The molecular formula is C16H15NO5S. The third-order valence-electron chi connectivity index (χ3n) is 3.54. The summed E-state index contributed by atoms with van der Waals surface area (Å²) in [5.41, 5.74) is 0.972. The predicted octanol–water partition coefficient (Wildman–Crippen LogP) is 3.29. The Morgan fingerprint density at radius 3 is 2.91 bits per heavy atom. The van der Waals surface area contributed by atoms with E-state index in [1.165, 1.54) is 12.3 Å². The van der Waals surface area contributed by atoms with Crippen LogP contribution < -0.4 is 5.32 Å². The molecule has 1 N–H and O–H groups in total. The molecule has 23 heavy (non-hydrogen) atoms. The predicted molar refractivity (Wildman–Crippen MR) is 84.2 cm³/mol. The number of thiophene rings is 1. The number of Topliss-reactive ketones (excluding diaryl/α,β-unsaturated/α-hetero) is 1. The summed E-state index contributed by atoms with van der Waals surface area (Å²) >= 11 is 1.13. The Labute approximate surface area is 136 Å². The summed E-state index contributed by atoms with van der Waals surface area (Å²) in [7, 11) is 0. The number of ketones is 1. The Morgan fingerprint density at radius 1 is 1.39 bits per heavy atom. The lowest BCUT2D eigenvalue weighted by molar-refractivity contribution is 0.0527. The van der Waals surface area contributed by atoms with Crippen LogP contribution in [0.4, 0.5) is 5.00 Å². The molecule has 2 aromatic heterocycles. The maximum Gasteiger partial charge on any atom is 0.341 e. The van der Waals surface area contributed by atoms with Crippen molar-refractivity contribution in [2.24, 2.45) is 0 Å². The number of esters is 1. The Balaban J connectivity index is 1.99. The van der Waals surface area contributed by atoms with Crippen LogP contribution in [-0.4, -0.2) is 24.3 Å². The fraction of sp³-hybridized carbons (Fsp3) is 0.312. The van der Waals surface area contributed by atoms with Crippen LogP contribution in [0.25, 0.3) is 0 Å². The van der Waals surface area contributed by atoms with Crippen molar-refractivity contribution in [3.05, 3.63) is 40.2 Å². The molecule has 6 nitrogen and oxygen atoms in total. The highest BCUT2D eigenvalue weighted by atomic mass is 32.1. The number of fused-ring (bicyclic) bond motifs is 1. The first-order valence-corrected chi connectivity index (χ1v) is 8.14. The van der Waals surface area contributed by atoms with Crippen molar-refractivity contribution >= 4 is 34.0 Å². The van der Waals surface area contributed by atoms with Crippen molar-refractivity contribution in [3.8, 4) is 0 Å². The van der Waals surface area contributed by atoms with Crippen molar-refractivity contribution in [1.29, 1.82) is 0 Å². The van der Waals surface area contributed by atoms with Crippen LogP contribution in [0, 0.1) is 0 Å². The van der Waals surface area contributed by atoms with E-state index in [9.17, 15) is 14.4 Å². The molecule has 0 fully saturated rings. The van der Waals surface area contributed by atoms with Crippen LogP contribution >= 0.6 is 11.3 Å². The van der Waals surface area contributed by atoms with Gasteiger partial charge in [-0.05, 0) is 37.5 Å². The molecule has 120 valence electrons. The molecule has 0 spiro atoms. The lowest BCUT2D eigenvalue weighted by Gasteiger charge is -2.11. The van der Waals surface area contributed by atoms with E-state index >= 15 is 0 Å². The first-order valence-electron chi connectivity index (χ1n) is 7.32. The third kappa shape index (κ3) is 2.92. The first kappa shape index (κ1) is 15.5. The van der Waals surface area contributed by atoms with Gasteiger partial charge in [-0.2, -0.15) is 0 Å². The highest BCUT2D eigenvalue weighted by Crippen LogP contribution is 2.38. The van der Waals surface area contributed by atoms with Gasteiger partial charge in [0, 0.05) is 6.42 Å². The number of rotatable bonds is 4. The number of hydrogen-bond donors (Lipinski definition) is 1. The van der Waals surface area contributed by atoms with Gasteiger partial charge in [-0.15, -0.1) is 11.3 Å². The van der Waals surface area contributed by atoms with E-state index in [0.29, 0.717) is 40.3 Å². The van der Waals surface area contributed by atoms with Crippen LogP contribution in [0.1, 0.15) is 55.9 Å². The largest absolute Gasteiger partial charge is 0.462 e. The van der Waals surface area contributed by atoms with Crippen molar-refractivity contribution in [3.63, 3.8) is 0 Å². The second kappa shape index (κ2) is 6.37. The smallest absolute Gasteiger partial charge is 0.341 e. The Hall–Kier alpha value is -2.41. The molecule has 2 aromatic rings. The summed E-state index contributed by atoms with van der Waals surface area (Å²) in [5.74, 6) is -0.848. The van der Waals surface area contributed by atoms with Gasteiger partial charge in [0.2, 0.25) is 0 Å². The van der Waals surface area contributed by atoms with Crippen molar-refractivity contribution in [1.82, 2.24) is 0 Å². The number of carbonyl (C=O) groups excluding carboxylic acids is 3. The number of ether oxygens (including phenoxy) is 1. The van der Waals surface area contributed by atoms with Gasteiger partial charge in [-0.25, -0.2) is 4.79 Å². The number of carbonyl (C=O) groups is 3. The molecule has 1 aliphatic rings. The molecule has 7 heteroatoms. The Kier molecular flexibility index (Phi) is 4.29. The lowest BCUT2D eigenvalue weighted by Crippen LogP contribution is -2.16. The third-order valence-corrected chi connectivity index (χ3v) is 4.73. The highest BCUT2D eigenvalue weighted by molar-refractivity contribution is 7.18. The molecule has 1 amide bonds. The zero-order chi connectivity index (χ0) is 16.4. The maximum absolute atomic E-state index is 12.3. The molecule has 0 unspecified atom stereocenters. The van der Waals surface area contributed by atoms with Crippen molar-refractivity contribution in [2.45, 2.75) is 26.2 Å². The monoisotopic (exact) mass is 333 g/mol. The number of amides is 1. The van der Waals surface area contributed by atoms with Gasteiger partial charge < -0.3 is 14.5 Å². The molecule has 1 aliphatic carbocycles. The van der Waals surface area contributed by atoms with E-state index < -0.39 is 11.9 Å². The van der Waals surface area contributed by atoms with Gasteiger partial charge >= 0.3 is 5.97 Å². The van der Waals surface area contributed by atoms with E-state index in [1.807, 2.05) is 0 Å². The van der Waals surface area contributed by atoms with Gasteiger partial charge in [-0.3, -0.25) is 9.59 Å². The first-order chi connectivity index (χ1) is 11.1. The van der Waals surface area contributed by atoms with Crippen LogP contribution in [0.5, 0.6) is 0 Å². The summed E-state index contributed by atoms with van der Waals surface area (Å²) in [6.07, 6.45) is 3.17. The minimum Gasteiger partial charge on any atom is -0.462 e. The van der Waals surface area contributed by atoms with E-state index in [4.69, 9.17) is 9.15 Å². The van der Waals surface area contributed by atoms with Gasteiger partial charge in [-0.1, -0.05) is 0 Å². The Bertz CT molecular complexity index is 760. The second-order valence-electron chi connectivity index (χ2n) is 5.04. The van der Waals surface area contributed by atoms with Gasteiger partial charge in [0.05, 0.1) is 23.3 Å².